The molecule has 0 saturated heterocycles. The van der Waals surface area contributed by atoms with Gasteiger partial charge in [0, 0.05) is 22.5 Å². The van der Waals surface area contributed by atoms with Crippen molar-refractivity contribution in [1.82, 2.24) is 0 Å². The molecular formula is C30H32FN3O. The van der Waals surface area contributed by atoms with Gasteiger partial charge in [0.05, 0.1) is 17.1 Å². The number of hydrogen-bond acceptors (Lipinski definition) is 4. The molecule has 0 saturated carbocycles. The van der Waals surface area contributed by atoms with Crippen molar-refractivity contribution in [3.05, 3.63) is 119 Å². The van der Waals surface area contributed by atoms with Gasteiger partial charge in [-0.1, -0.05) is 94.4 Å². The lowest BCUT2D eigenvalue weighted by Gasteiger charge is -2.32. The van der Waals surface area contributed by atoms with Crippen molar-refractivity contribution in [2.75, 3.05) is 5.73 Å². The zero-order valence-corrected chi connectivity index (χ0v) is 20.6. The molecule has 4 rings (SSSR count). The largest absolute Gasteiger partial charge is 0.505 e. The molecule has 0 heterocycles. The van der Waals surface area contributed by atoms with E-state index in [2.05, 4.69) is 70.2 Å². The monoisotopic (exact) mass is 469 g/mol. The van der Waals surface area contributed by atoms with Gasteiger partial charge in [-0.25, -0.2) is 4.39 Å². The SMILES string of the molecule is CC(C)(c1ccccc1)c1cc(N)c(O)c(C(C)(C)c2ccccc2)c1.N=C1C=CC(F)=CC1=N. The van der Waals surface area contributed by atoms with E-state index < -0.39 is 5.83 Å². The first-order valence-electron chi connectivity index (χ1n) is 11.4. The minimum absolute atomic E-state index is 0.0522. The fraction of sp³-hybridized carbons (Fsp3) is 0.200. The first kappa shape index (κ1) is 25.6. The maximum absolute atomic E-state index is 12.1. The van der Waals surface area contributed by atoms with Crippen LogP contribution in [0.5, 0.6) is 5.75 Å². The second kappa shape index (κ2) is 10.1. The van der Waals surface area contributed by atoms with Gasteiger partial charge in [0.25, 0.3) is 0 Å². The second-order valence-electron chi connectivity index (χ2n) is 9.63. The molecule has 5 heteroatoms. The van der Waals surface area contributed by atoms with Gasteiger partial charge in [-0.3, -0.25) is 10.8 Å². The van der Waals surface area contributed by atoms with Gasteiger partial charge in [-0.2, -0.15) is 0 Å². The van der Waals surface area contributed by atoms with E-state index in [1.54, 1.807) is 0 Å². The average molecular weight is 470 g/mol. The maximum Gasteiger partial charge on any atom is 0.142 e. The Morgan fingerprint density at radius 2 is 1.23 bits per heavy atom. The fourth-order valence-corrected chi connectivity index (χ4v) is 4.04. The predicted molar refractivity (Wildman–Crippen MR) is 143 cm³/mol. The van der Waals surface area contributed by atoms with E-state index in [1.165, 1.54) is 17.7 Å². The second-order valence-corrected chi connectivity index (χ2v) is 9.63. The molecule has 5 N–H and O–H groups in total. The quantitative estimate of drug-likeness (QED) is 0.187. The van der Waals surface area contributed by atoms with Crippen LogP contribution >= 0.6 is 0 Å². The lowest BCUT2D eigenvalue weighted by Crippen LogP contribution is -2.23. The molecule has 0 unspecified atom stereocenters. The Bertz CT molecular complexity index is 1290. The van der Waals surface area contributed by atoms with Crippen molar-refractivity contribution in [3.8, 4) is 5.75 Å². The van der Waals surface area contributed by atoms with Crippen LogP contribution in [0.1, 0.15) is 49.9 Å². The summed E-state index contributed by atoms with van der Waals surface area (Å²) in [6, 6.07) is 24.6. The number of nitrogens with one attached hydrogen (secondary N) is 2. The molecule has 0 fully saturated rings. The van der Waals surface area contributed by atoms with Crippen molar-refractivity contribution in [1.29, 1.82) is 10.8 Å². The summed E-state index contributed by atoms with van der Waals surface area (Å²) in [7, 11) is 0. The number of phenols is 1. The number of nitrogen functional groups attached to an aromatic ring is 1. The number of aromatic hydroxyl groups is 1. The standard InChI is InChI=1S/C24H27NO.C6H5FN2/c1-23(2,17-11-7-5-8-12-17)19-15-20(22(26)21(25)16-19)24(3,4)18-13-9-6-10-14-18;7-4-1-2-5(8)6(9)3-4/h5-16,26H,25H2,1-4H3;1-3,8-9H. The van der Waals surface area contributed by atoms with E-state index in [1.807, 2.05) is 30.3 Å². The van der Waals surface area contributed by atoms with Crippen LogP contribution in [0.25, 0.3) is 0 Å². The Morgan fingerprint density at radius 1 is 0.714 bits per heavy atom. The van der Waals surface area contributed by atoms with Crippen LogP contribution in [-0.4, -0.2) is 16.5 Å². The Kier molecular flexibility index (Phi) is 7.39. The summed E-state index contributed by atoms with van der Waals surface area (Å²) in [5.74, 6) is -0.289. The van der Waals surface area contributed by atoms with Crippen LogP contribution in [0.2, 0.25) is 0 Å². The molecule has 35 heavy (non-hydrogen) atoms. The third kappa shape index (κ3) is 5.57. The lowest BCUT2D eigenvalue weighted by molar-refractivity contribution is 0.454. The number of phenolic OH excluding ortho intramolecular Hbond substituents is 1. The molecule has 4 nitrogen and oxygen atoms in total. The Hall–Kier alpha value is -3.99. The lowest BCUT2D eigenvalue weighted by atomic mass is 9.72. The van der Waals surface area contributed by atoms with Gasteiger partial charge < -0.3 is 10.8 Å². The first-order valence-corrected chi connectivity index (χ1v) is 11.4. The van der Waals surface area contributed by atoms with E-state index >= 15 is 0 Å². The van der Waals surface area contributed by atoms with Gasteiger partial charge in [0.2, 0.25) is 0 Å². The summed E-state index contributed by atoms with van der Waals surface area (Å²) in [4.78, 5) is 0. The maximum atomic E-state index is 12.1. The summed E-state index contributed by atoms with van der Waals surface area (Å²) < 4.78 is 12.1. The van der Waals surface area contributed by atoms with Crippen LogP contribution < -0.4 is 5.73 Å². The van der Waals surface area contributed by atoms with Crippen LogP contribution in [0, 0.1) is 10.8 Å². The summed E-state index contributed by atoms with van der Waals surface area (Å²) >= 11 is 0. The van der Waals surface area contributed by atoms with Crippen molar-refractivity contribution >= 4 is 17.1 Å². The van der Waals surface area contributed by atoms with Crippen LogP contribution in [0.3, 0.4) is 0 Å². The molecule has 0 bridgehead atoms. The van der Waals surface area contributed by atoms with Gasteiger partial charge in [-0.15, -0.1) is 0 Å². The van der Waals surface area contributed by atoms with E-state index in [4.69, 9.17) is 16.6 Å². The molecule has 1 aliphatic rings. The molecule has 0 radical (unpaired) electrons. The average Bonchev–Trinajstić information content (AvgIpc) is 2.84. The minimum atomic E-state index is -0.462. The van der Waals surface area contributed by atoms with E-state index in [0.29, 0.717) is 5.69 Å². The number of anilines is 1. The van der Waals surface area contributed by atoms with Gasteiger partial charge in [0.1, 0.15) is 11.6 Å². The zero-order chi connectivity index (χ0) is 25.8. The van der Waals surface area contributed by atoms with Gasteiger partial charge >= 0.3 is 0 Å². The Balaban J connectivity index is 0.000000320. The minimum Gasteiger partial charge on any atom is -0.505 e. The molecule has 180 valence electrons. The summed E-state index contributed by atoms with van der Waals surface area (Å²) in [6.07, 6.45) is 3.44. The Labute approximate surface area is 206 Å². The fourth-order valence-electron chi connectivity index (χ4n) is 4.04. The normalized spacial score (nSPS) is 13.7. The van der Waals surface area contributed by atoms with E-state index in [9.17, 15) is 9.50 Å². The highest BCUT2D eigenvalue weighted by molar-refractivity contribution is 6.48. The van der Waals surface area contributed by atoms with Gasteiger partial charge in [0.15, 0.2) is 0 Å². The highest BCUT2D eigenvalue weighted by atomic mass is 19.1. The van der Waals surface area contributed by atoms with E-state index in [-0.39, 0.29) is 28.0 Å². The number of benzene rings is 3. The molecule has 1 aliphatic carbocycles. The topological polar surface area (TPSA) is 93.9 Å². The number of halogens is 1. The molecule has 0 atom stereocenters. The number of hydrogen-bond donors (Lipinski definition) is 4. The smallest absolute Gasteiger partial charge is 0.142 e. The van der Waals surface area contributed by atoms with E-state index in [0.717, 1.165) is 22.8 Å². The molecule has 0 spiro atoms. The molecule has 0 aliphatic heterocycles. The van der Waals surface area contributed by atoms with Crippen molar-refractivity contribution in [2.45, 2.75) is 38.5 Å². The zero-order valence-electron chi connectivity index (χ0n) is 20.6. The van der Waals surface area contributed by atoms with Crippen LogP contribution in [0.4, 0.5) is 10.1 Å². The summed E-state index contributed by atoms with van der Waals surface area (Å²) in [5.41, 5.74) is 10.3. The summed E-state index contributed by atoms with van der Waals surface area (Å²) in [5, 5.41) is 24.6. The number of allylic oxidation sites excluding steroid dienone is 4. The third-order valence-electron chi connectivity index (χ3n) is 6.51. The predicted octanol–water partition coefficient (Wildman–Crippen LogP) is 7.08. The third-order valence-corrected chi connectivity index (χ3v) is 6.51. The number of rotatable bonds is 4. The first-order chi connectivity index (χ1) is 16.4. The molecule has 0 amide bonds. The van der Waals surface area contributed by atoms with Crippen LogP contribution in [-0.2, 0) is 10.8 Å². The van der Waals surface area contributed by atoms with Crippen molar-refractivity contribution < 1.29 is 9.50 Å². The molecular weight excluding hydrogens is 437 g/mol. The highest BCUT2D eigenvalue weighted by Crippen LogP contribution is 2.43. The Morgan fingerprint density at radius 3 is 1.71 bits per heavy atom. The van der Waals surface area contributed by atoms with Crippen molar-refractivity contribution in [3.63, 3.8) is 0 Å². The molecule has 0 aromatic heterocycles. The van der Waals surface area contributed by atoms with Crippen LogP contribution in [0.15, 0.2) is 96.9 Å². The van der Waals surface area contributed by atoms with Crippen molar-refractivity contribution in [2.24, 2.45) is 0 Å². The molecule has 3 aromatic carbocycles. The molecule has 3 aromatic rings. The summed E-state index contributed by atoms with van der Waals surface area (Å²) in [6.45, 7) is 8.62. The highest BCUT2D eigenvalue weighted by Gasteiger charge is 2.31. The van der Waals surface area contributed by atoms with Gasteiger partial charge in [-0.05, 0) is 34.9 Å². The number of nitrogens with two attached hydrogens (primary N) is 1.